The Bertz CT molecular complexity index is 921. The molecule has 0 saturated carbocycles. The van der Waals surface area contributed by atoms with Crippen molar-refractivity contribution < 1.29 is 0 Å². The Labute approximate surface area is 163 Å². The van der Waals surface area contributed by atoms with Gasteiger partial charge in [0.2, 0.25) is 0 Å². The summed E-state index contributed by atoms with van der Waals surface area (Å²) in [7, 11) is 0. The molecule has 6 heteroatoms. The molecule has 132 valence electrons. The molecule has 4 rings (SSSR count). The molecule has 0 saturated heterocycles. The first kappa shape index (κ1) is 18.3. The third-order valence-electron chi connectivity index (χ3n) is 3.93. The average molecular weight is 383 g/mol. The summed E-state index contributed by atoms with van der Waals surface area (Å²) in [5.41, 5.74) is 4.47. The van der Waals surface area contributed by atoms with Crippen LogP contribution in [0.3, 0.4) is 0 Å². The van der Waals surface area contributed by atoms with Crippen molar-refractivity contribution in [3.05, 3.63) is 89.7 Å². The fourth-order valence-electron chi connectivity index (χ4n) is 2.72. The van der Waals surface area contributed by atoms with Gasteiger partial charge in [0.1, 0.15) is 5.69 Å². The zero-order valence-corrected chi connectivity index (χ0v) is 15.7. The Morgan fingerprint density at radius 2 is 1.85 bits per heavy atom. The van der Waals surface area contributed by atoms with Crippen molar-refractivity contribution in [2.45, 2.75) is 13.1 Å². The molecule has 0 aliphatic carbocycles. The van der Waals surface area contributed by atoms with Crippen molar-refractivity contribution in [3.8, 4) is 16.3 Å². The maximum absolute atomic E-state index is 4.82. The number of pyridine rings is 1. The van der Waals surface area contributed by atoms with Gasteiger partial charge in [0.25, 0.3) is 0 Å². The molecule has 3 aromatic heterocycles. The maximum atomic E-state index is 4.82. The van der Waals surface area contributed by atoms with Crippen LogP contribution in [-0.2, 0) is 13.1 Å². The molecule has 0 atom stereocenters. The lowest BCUT2D eigenvalue weighted by atomic mass is 10.2. The number of hydrogen-bond donors (Lipinski definition) is 1. The lowest BCUT2D eigenvalue weighted by molar-refractivity contribution is 0.692. The highest BCUT2D eigenvalue weighted by Crippen LogP contribution is 2.27. The van der Waals surface area contributed by atoms with Gasteiger partial charge in [-0.25, -0.2) is 4.68 Å². The molecule has 4 aromatic rings. The number of aromatic nitrogens is 3. The van der Waals surface area contributed by atoms with Crippen molar-refractivity contribution in [3.63, 3.8) is 0 Å². The molecule has 0 unspecified atom stereocenters. The van der Waals surface area contributed by atoms with Gasteiger partial charge in [-0.2, -0.15) is 5.10 Å². The Hall–Kier alpha value is -2.47. The molecule has 1 N–H and O–H groups in total. The second kappa shape index (κ2) is 8.76. The highest BCUT2D eigenvalue weighted by Gasteiger charge is 2.12. The minimum atomic E-state index is 0. The Kier molecular flexibility index (Phi) is 6.17. The van der Waals surface area contributed by atoms with Gasteiger partial charge < -0.3 is 5.32 Å². The van der Waals surface area contributed by atoms with E-state index in [1.807, 2.05) is 35.1 Å². The van der Waals surface area contributed by atoms with Crippen molar-refractivity contribution in [2.75, 3.05) is 0 Å². The topological polar surface area (TPSA) is 42.7 Å². The van der Waals surface area contributed by atoms with Gasteiger partial charge in [-0.1, -0.05) is 30.3 Å². The molecule has 0 amide bonds. The van der Waals surface area contributed by atoms with Gasteiger partial charge in [-0.15, -0.1) is 23.7 Å². The molecule has 0 bridgehead atoms. The van der Waals surface area contributed by atoms with Crippen LogP contribution in [-0.4, -0.2) is 14.8 Å². The number of rotatable bonds is 6. The lowest BCUT2D eigenvalue weighted by Gasteiger charge is -2.04. The fraction of sp³-hybridized carbons (Fsp3) is 0.100. The van der Waals surface area contributed by atoms with Gasteiger partial charge in [-0.05, 0) is 35.2 Å². The summed E-state index contributed by atoms with van der Waals surface area (Å²) < 4.78 is 1.95. The molecule has 3 heterocycles. The zero-order chi connectivity index (χ0) is 16.9. The number of benzene rings is 1. The largest absolute Gasteiger partial charge is 0.308 e. The quantitative estimate of drug-likeness (QED) is 0.525. The number of para-hydroxylation sites is 1. The SMILES string of the molecule is Cl.c1ccc(-n2cc(CNCc3cccnc3)c(-c3cccs3)n2)cc1. The van der Waals surface area contributed by atoms with Crippen molar-refractivity contribution in [2.24, 2.45) is 0 Å². The highest BCUT2D eigenvalue weighted by atomic mass is 35.5. The van der Waals surface area contributed by atoms with Gasteiger partial charge >= 0.3 is 0 Å². The summed E-state index contributed by atoms with van der Waals surface area (Å²) in [5.74, 6) is 0. The van der Waals surface area contributed by atoms with Crippen LogP contribution >= 0.6 is 23.7 Å². The van der Waals surface area contributed by atoms with Gasteiger partial charge in [0.05, 0.1) is 10.6 Å². The number of hydrogen-bond acceptors (Lipinski definition) is 4. The molecule has 1 aromatic carbocycles. The smallest absolute Gasteiger partial charge is 0.107 e. The number of thiophene rings is 1. The molecule has 0 fully saturated rings. The third-order valence-corrected chi connectivity index (χ3v) is 4.81. The molecule has 4 nitrogen and oxygen atoms in total. The van der Waals surface area contributed by atoms with E-state index in [4.69, 9.17) is 5.10 Å². The first-order valence-corrected chi connectivity index (χ1v) is 9.05. The van der Waals surface area contributed by atoms with Gasteiger partial charge in [0, 0.05) is 37.2 Å². The van der Waals surface area contributed by atoms with Crippen molar-refractivity contribution in [1.82, 2.24) is 20.1 Å². The van der Waals surface area contributed by atoms with E-state index in [2.05, 4.69) is 52.2 Å². The van der Waals surface area contributed by atoms with E-state index in [-0.39, 0.29) is 12.4 Å². The normalized spacial score (nSPS) is 10.5. The van der Waals surface area contributed by atoms with Crippen LogP contribution in [0.4, 0.5) is 0 Å². The third kappa shape index (κ3) is 4.19. The Morgan fingerprint density at radius 3 is 2.58 bits per heavy atom. The Balaban J connectivity index is 0.00000196. The first-order valence-electron chi connectivity index (χ1n) is 8.17. The lowest BCUT2D eigenvalue weighted by Crippen LogP contribution is -2.12. The zero-order valence-electron chi connectivity index (χ0n) is 14.1. The summed E-state index contributed by atoms with van der Waals surface area (Å²) in [6.45, 7) is 1.54. The summed E-state index contributed by atoms with van der Waals surface area (Å²) in [6, 6.07) is 18.4. The second-order valence-corrected chi connectivity index (χ2v) is 6.67. The molecule has 26 heavy (non-hydrogen) atoms. The molecule has 0 aliphatic rings. The average Bonchev–Trinajstić information content (AvgIpc) is 3.33. The fourth-order valence-corrected chi connectivity index (χ4v) is 3.46. The predicted molar refractivity (Wildman–Crippen MR) is 109 cm³/mol. The van der Waals surface area contributed by atoms with E-state index < -0.39 is 0 Å². The van der Waals surface area contributed by atoms with Crippen LogP contribution in [0.5, 0.6) is 0 Å². The molecular weight excluding hydrogens is 364 g/mol. The molecular formula is C20H19ClN4S. The number of nitrogens with zero attached hydrogens (tertiary/aromatic N) is 3. The molecule has 0 aliphatic heterocycles. The second-order valence-electron chi connectivity index (χ2n) is 5.73. The highest BCUT2D eigenvalue weighted by molar-refractivity contribution is 7.13. The standard InChI is InChI=1S/C20H18N4S.ClH/c1-2-7-18(8-3-1)24-15-17(20(23-24)19-9-5-11-25-19)14-22-13-16-6-4-10-21-12-16;/h1-12,15,22H,13-14H2;1H. The van der Waals surface area contributed by atoms with Crippen LogP contribution in [0.15, 0.2) is 78.6 Å². The van der Waals surface area contributed by atoms with E-state index in [0.717, 1.165) is 24.5 Å². The van der Waals surface area contributed by atoms with E-state index in [0.29, 0.717) is 0 Å². The van der Waals surface area contributed by atoms with Crippen LogP contribution < -0.4 is 5.32 Å². The van der Waals surface area contributed by atoms with Gasteiger partial charge in [-0.3, -0.25) is 4.98 Å². The minimum absolute atomic E-state index is 0. The summed E-state index contributed by atoms with van der Waals surface area (Å²) >= 11 is 1.71. The monoisotopic (exact) mass is 382 g/mol. The summed E-state index contributed by atoms with van der Waals surface area (Å²) in [4.78, 5) is 5.35. The Morgan fingerprint density at radius 1 is 0.962 bits per heavy atom. The minimum Gasteiger partial charge on any atom is -0.308 e. The molecule has 0 spiro atoms. The van der Waals surface area contributed by atoms with Crippen molar-refractivity contribution >= 4 is 23.7 Å². The van der Waals surface area contributed by atoms with Crippen LogP contribution in [0, 0.1) is 0 Å². The van der Waals surface area contributed by atoms with Crippen LogP contribution in [0.25, 0.3) is 16.3 Å². The summed E-state index contributed by atoms with van der Waals surface area (Å²) in [6.07, 6.45) is 5.80. The number of halogens is 1. The van der Waals surface area contributed by atoms with E-state index in [1.165, 1.54) is 16.0 Å². The van der Waals surface area contributed by atoms with Crippen LogP contribution in [0.1, 0.15) is 11.1 Å². The number of nitrogens with one attached hydrogen (secondary N) is 1. The van der Waals surface area contributed by atoms with Gasteiger partial charge in [0.15, 0.2) is 0 Å². The van der Waals surface area contributed by atoms with E-state index >= 15 is 0 Å². The van der Waals surface area contributed by atoms with E-state index in [9.17, 15) is 0 Å². The van der Waals surface area contributed by atoms with Crippen molar-refractivity contribution in [1.29, 1.82) is 0 Å². The first-order chi connectivity index (χ1) is 12.4. The maximum Gasteiger partial charge on any atom is 0.107 e. The predicted octanol–water partition coefficient (Wildman–Crippen LogP) is 4.71. The van der Waals surface area contributed by atoms with E-state index in [1.54, 1.807) is 17.5 Å². The van der Waals surface area contributed by atoms with Crippen LogP contribution in [0.2, 0.25) is 0 Å². The summed E-state index contributed by atoms with van der Waals surface area (Å²) in [5, 5.41) is 10.4. The molecule has 0 radical (unpaired) electrons.